The van der Waals surface area contributed by atoms with Crippen LogP contribution in [0.4, 0.5) is 0 Å². The minimum Gasteiger partial charge on any atom is -0.253 e. The van der Waals surface area contributed by atoms with Gasteiger partial charge in [0.25, 0.3) is 0 Å². The van der Waals surface area contributed by atoms with Crippen molar-refractivity contribution in [1.29, 1.82) is 0 Å². The molecule has 0 saturated heterocycles. The summed E-state index contributed by atoms with van der Waals surface area (Å²) in [5.41, 5.74) is 2.79. The van der Waals surface area contributed by atoms with E-state index >= 15 is 0 Å². The molecule has 3 aromatic rings. The second-order valence-corrected chi connectivity index (χ2v) is 6.81. The predicted octanol–water partition coefficient (Wildman–Crippen LogP) is 3.75. The Balaban J connectivity index is 1.94. The van der Waals surface area contributed by atoms with E-state index in [1.165, 1.54) is 12.8 Å². The molecule has 4 nitrogen and oxygen atoms in total. The van der Waals surface area contributed by atoms with Crippen LogP contribution in [0, 0.1) is 0 Å². The highest BCUT2D eigenvalue weighted by molar-refractivity contribution is 8.00. The zero-order valence-corrected chi connectivity index (χ0v) is 12.5. The van der Waals surface area contributed by atoms with Gasteiger partial charge in [-0.2, -0.15) is 0 Å². The Morgan fingerprint density at radius 1 is 1.20 bits per heavy atom. The molecule has 1 aliphatic rings. The van der Waals surface area contributed by atoms with E-state index in [9.17, 15) is 0 Å². The number of fused-ring (bicyclic) bond motifs is 1. The van der Waals surface area contributed by atoms with Gasteiger partial charge >= 0.3 is 0 Å². The molecule has 3 heterocycles. The van der Waals surface area contributed by atoms with Gasteiger partial charge < -0.3 is 0 Å². The third kappa shape index (κ3) is 2.09. The van der Waals surface area contributed by atoms with Crippen molar-refractivity contribution in [2.45, 2.75) is 23.1 Å². The molecule has 0 atom stereocenters. The van der Waals surface area contributed by atoms with Gasteiger partial charge in [0, 0.05) is 12.1 Å². The van der Waals surface area contributed by atoms with Crippen LogP contribution in [-0.4, -0.2) is 26.2 Å². The molecule has 0 radical (unpaired) electrons. The molecule has 0 unspecified atom stereocenters. The normalized spacial score (nSPS) is 14.8. The van der Waals surface area contributed by atoms with Crippen LogP contribution in [-0.2, 0) is 0 Å². The van der Waals surface area contributed by atoms with E-state index in [1.807, 2.05) is 24.5 Å². The number of hydrogen-bond donors (Lipinski definition) is 0. The van der Waals surface area contributed by atoms with Crippen LogP contribution in [0.2, 0.25) is 0 Å². The lowest BCUT2D eigenvalue weighted by molar-refractivity contribution is 1.02. The minimum atomic E-state index is 0.582. The third-order valence-electron chi connectivity index (χ3n) is 3.29. The van der Waals surface area contributed by atoms with Crippen LogP contribution >= 0.6 is 23.1 Å². The fourth-order valence-electron chi connectivity index (χ4n) is 2.16. The molecule has 6 heteroatoms. The zero-order chi connectivity index (χ0) is 13.5. The maximum atomic E-state index is 4.77. The molecule has 0 N–H and O–H groups in total. The van der Waals surface area contributed by atoms with Crippen LogP contribution < -0.4 is 0 Å². The van der Waals surface area contributed by atoms with Crippen molar-refractivity contribution in [2.24, 2.45) is 0 Å². The van der Waals surface area contributed by atoms with Gasteiger partial charge in [-0.15, -0.1) is 11.3 Å². The topological polar surface area (TPSA) is 51.6 Å². The average Bonchev–Trinajstić information content (AvgIpc) is 3.25. The predicted molar refractivity (Wildman–Crippen MR) is 82.2 cm³/mol. The molecule has 1 saturated carbocycles. The van der Waals surface area contributed by atoms with Crippen LogP contribution in [0.15, 0.2) is 28.7 Å². The van der Waals surface area contributed by atoms with Gasteiger partial charge in [0.15, 0.2) is 15.8 Å². The standard InChI is InChI=1S/C14H12N4S2/c1-19-14-18-13-11(20-14)10(8-5-6-8)16-12(17-13)9-4-2-3-7-15-9/h2-4,7-8H,5-6H2,1H3. The Morgan fingerprint density at radius 3 is 2.80 bits per heavy atom. The SMILES string of the molecule is CSc1nc2nc(-c3ccccn3)nc(C3CC3)c2s1. The van der Waals surface area contributed by atoms with E-state index in [2.05, 4.69) is 15.0 Å². The van der Waals surface area contributed by atoms with Crippen molar-refractivity contribution in [3.05, 3.63) is 30.1 Å². The number of thiazole rings is 1. The summed E-state index contributed by atoms with van der Waals surface area (Å²) in [4.78, 5) is 18.3. The summed E-state index contributed by atoms with van der Waals surface area (Å²) in [6, 6.07) is 5.80. The van der Waals surface area contributed by atoms with Crippen molar-refractivity contribution >= 4 is 33.4 Å². The quantitative estimate of drug-likeness (QED) is 0.690. The lowest BCUT2D eigenvalue weighted by Crippen LogP contribution is -1.96. The Labute approximate surface area is 124 Å². The van der Waals surface area contributed by atoms with Crippen molar-refractivity contribution in [1.82, 2.24) is 19.9 Å². The van der Waals surface area contributed by atoms with E-state index in [0.29, 0.717) is 11.7 Å². The number of pyridine rings is 1. The average molecular weight is 300 g/mol. The maximum absolute atomic E-state index is 4.77. The summed E-state index contributed by atoms with van der Waals surface area (Å²) in [5.74, 6) is 1.27. The van der Waals surface area contributed by atoms with Gasteiger partial charge in [0.2, 0.25) is 0 Å². The highest BCUT2D eigenvalue weighted by atomic mass is 32.2. The van der Waals surface area contributed by atoms with E-state index in [0.717, 1.165) is 26.1 Å². The summed E-state index contributed by atoms with van der Waals surface area (Å²) in [6.45, 7) is 0. The molecule has 100 valence electrons. The van der Waals surface area contributed by atoms with Crippen molar-refractivity contribution in [3.8, 4) is 11.5 Å². The molecule has 0 spiro atoms. The molecule has 0 amide bonds. The summed E-state index contributed by atoms with van der Waals surface area (Å²) >= 11 is 3.36. The second-order valence-electron chi connectivity index (χ2n) is 4.76. The number of rotatable bonds is 3. The van der Waals surface area contributed by atoms with Crippen molar-refractivity contribution in [2.75, 3.05) is 6.26 Å². The third-order valence-corrected chi connectivity index (χ3v) is 5.35. The molecule has 0 aromatic carbocycles. The summed E-state index contributed by atoms with van der Waals surface area (Å²) < 4.78 is 2.20. The van der Waals surface area contributed by atoms with Gasteiger partial charge in [0.1, 0.15) is 5.69 Å². The van der Waals surface area contributed by atoms with Crippen molar-refractivity contribution in [3.63, 3.8) is 0 Å². The Kier molecular flexibility index (Phi) is 2.93. The monoisotopic (exact) mass is 300 g/mol. The number of aromatic nitrogens is 4. The fourth-order valence-corrected chi connectivity index (χ4v) is 3.72. The lowest BCUT2D eigenvalue weighted by Gasteiger charge is -2.03. The first kappa shape index (κ1) is 12.2. The molecule has 1 fully saturated rings. The lowest BCUT2D eigenvalue weighted by atomic mass is 10.2. The molecule has 0 bridgehead atoms. The molecule has 0 aliphatic heterocycles. The Morgan fingerprint density at radius 2 is 2.10 bits per heavy atom. The van der Waals surface area contributed by atoms with Gasteiger partial charge in [-0.3, -0.25) is 4.98 Å². The second kappa shape index (κ2) is 4.79. The molecular formula is C14H12N4S2. The smallest absolute Gasteiger partial charge is 0.180 e. The first-order valence-electron chi connectivity index (χ1n) is 6.49. The minimum absolute atomic E-state index is 0.582. The van der Waals surface area contributed by atoms with Gasteiger partial charge in [0.05, 0.1) is 10.4 Å². The van der Waals surface area contributed by atoms with E-state index in [-0.39, 0.29) is 0 Å². The van der Waals surface area contributed by atoms with Crippen LogP contribution in [0.1, 0.15) is 24.5 Å². The largest absolute Gasteiger partial charge is 0.253 e. The van der Waals surface area contributed by atoms with E-state index in [1.54, 1.807) is 29.3 Å². The van der Waals surface area contributed by atoms with Crippen molar-refractivity contribution < 1.29 is 0 Å². The van der Waals surface area contributed by atoms with Gasteiger partial charge in [-0.05, 0) is 31.2 Å². The number of nitrogens with zero attached hydrogens (tertiary/aromatic N) is 4. The van der Waals surface area contributed by atoms with Crippen LogP contribution in [0.5, 0.6) is 0 Å². The van der Waals surface area contributed by atoms with Crippen LogP contribution in [0.3, 0.4) is 0 Å². The number of hydrogen-bond acceptors (Lipinski definition) is 6. The summed E-state index contributed by atoms with van der Waals surface area (Å²) in [5, 5.41) is 0. The first-order chi connectivity index (χ1) is 9.85. The fraction of sp³-hybridized carbons (Fsp3) is 0.286. The van der Waals surface area contributed by atoms with Gasteiger partial charge in [-0.1, -0.05) is 17.8 Å². The maximum Gasteiger partial charge on any atom is 0.180 e. The molecule has 3 aromatic heterocycles. The molecule has 1 aliphatic carbocycles. The molecule has 20 heavy (non-hydrogen) atoms. The number of thioether (sulfide) groups is 1. The molecular weight excluding hydrogens is 288 g/mol. The zero-order valence-electron chi connectivity index (χ0n) is 10.9. The Hall–Kier alpha value is -1.53. The van der Waals surface area contributed by atoms with Gasteiger partial charge in [-0.25, -0.2) is 15.0 Å². The highest BCUT2D eigenvalue weighted by Gasteiger charge is 2.29. The molecule has 4 rings (SSSR count). The summed E-state index contributed by atoms with van der Waals surface area (Å²) in [6.07, 6.45) is 6.26. The first-order valence-corrected chi connectivity index (χ1v) is 8.53. The highest BCUT2D eigenvalue weighted by Crippen LogP contribution is 2.44. The van der Waals surface area contributed by atoms with E-state index < -0.39 is 0 Å². The summed E-state index contributed by atoms with van der Waals surface area (Å²) in [7, 11) is 0. The Bertz CT molecular complexity index is 765. The van der Waals surface area contributed by atoms with E-state index in [4.69, 9.17) is 4.98 Å². The van der Waals surface area contributed by atoms with Crippen LogP contribution in [0.25, 0.3) is 21.9 Å².